The average molecular weight is 452 g/mol. The van der Waals surface area contributed by atoms with Crippen molar-refractivity contribution in [1.82, 2.24) is 13.9 Å². The zero-order chi connectivity index (χ0) is 16.0. The molecule has 3 aromatic heterocycles. The number of aryl methyl sites for hydroxylation is 1. The summed E-state index contributed by atoms with van der Waals surface area (Å²) in [6.45, 7) is 2.07. The third kappa shape index (κ3) is 2.51. The second kappa shape index (κ2) is 5.96. The molecular weight excluding hydrogens is 441 g/mol. The summed E-state index contributed by atoms with van der Waals surface area (Å²) in [6.07, 6.45) is 5.70. The highest BCUT2D eigenvalue weighted by Gasteiger charge is 2.13. The van der Waals surface area contributed by atoms with Crippen LogP contribution >= 0.6 is 41.9 Å². The molecule has 4 aromatic rings. The third-order valence-electron chi connectivity index (χ3n) is 3.90. The van der Waals surface area contributed by atoms with Crippen LogP contribution in [0.25, 0.3) is 33.1 Å². The molecule has 23 heavy (non-hydrogen) atoms. The SMILES string of the molecule is Cc1cc(-c2cn(SI)c3ncccc23)cc2c(Cl)ccnc12. The molecule has 1 aromatic carbocycles. The second-order valence-corrected chi connectivity index (χ2v) is 7.41. The normalized spacial score (nSPS) is 11.4. The molecule has 6 heteroatoms. The lowest BCUT2D eigenvalue weighted by Crippen LogP contribution is -1.86. The lowest BCUT2D eigenvalue weighted by Gasteiger charge is -2.07. The van der Waals surface area contributed by atoms with Gasteiger partial charge in [-0.3, -0.25) is 8.96 Å². The molecule has 0 atom stereocenters. The highest BCUT2D eigenvalue weighted by atomic mass is 127. The van der Waals surface area contributed by atoms with Crippen molar-refractivity contribution in [3.8, 4) is 11.1 Å². The molecule has 0 unspecified atom stereocenters. The number of halogens is 2. The Morgan fingerprint density at radius 3 is 2.83 bits per heavy atom. The molecule has 0 aliphatic rings. The van der Waals surface area contributed by atoms with Crippen LogP contribution in [0.5, 0.6) is 0 Å². The number of pyridine rings is 2. The maximum atomic E-state index is 6.38. The van der Waals surface area contributed by atoms with Gasteiger partial charge < -0.3 is 0 Å². The van der Waals surface area contributed by atoms with Gasteiger partial charge >= 0.3 is 0 Å². The molecule has 0 bridgehead atoms. The first-order valence-electron chi connectivity index (χ1n) is 6.99. The number of hydrogen-bond donors (Lipinski definition) is 0. The van der Waals surface area contributed by atoms with Crippen molar-refractivity contribution in [2.24, 2.45) is 0 Å². The van der Waals surface area contributed by atoms with E-state index in [1.165, 1.54) is 0 Å². The van der Waals surface area contributed by atoms with Crippen molar-refractivity contribution in [3.05, 3.63) is 59.5 Å². The number of rotatable bonds is 2. The zero-order valence-corrected chi connectivity index (χ0v) is 15.9. The van der Waals surface area contributed by atoms with E-state index in [9.17, 15) is 0 Å². The molecule has 0 aliphatic carbocycles. The molecule has 114 valence electrons. The van der Waals surface area contributed by atoms with Gasteiger partial charge in [-0.2, -0.15) is 0 Å². The van der Waals surface area contributed by atoms with E-state index in [-0.39, 0.29) is 0 Å². The minimum absolute atomic E-state index is 0.727. The molecule has 0 fully saturated rings. The Labute approximate surface area is 154 Å². The molecule has 0 saturated heterocycles. The number of benzene rings is 1. The van der Waals surface area contributed by atoms with Gasteiger partial charge in [0.1, 0.15) is 0 Å². The maximum Gasteiger partial charge on any atom is 0.151 e. The van der Waals surface area contributed by atoms with Gasteiger partial charge in [-0.15, -0.1) is 0 Å². The monoisotopic (exact) mass is 451 g/mol. The Morgan fingerprint density at radius 2 is 2.00 bits per heavy atom. The van der Waals surface area contributed by atoms with Crippen molar-refractivity contribution >= 4 is 63.9 Å². The largest absolute Gasteiger partial charge is 0.265 e. The van der Waals surface area contributed by atoms with E-state index in [0.29, 0.717) is 0 Å². The first-order valence-corrected chi connectivity index (χ1v) is 10.7. The average Bonchev–Trinajstić information content (AvgIpc) is 2.94. The summed E-state index contributed by atoms with van der Waals surface area (Å²) in [5.74, 6) is 0. The summed E-state index contributed by atoms with van der Waals surface area (Å²) in [5, 5.41) is 2.84. The minimum atomic E-state index is 0.727. The molecule has 0 aliphatic heterocycles. The fourth-order valence-electron chi connectivity index (χ4n) is 2.87. The zero-order valence-electron chi connectivity index (χ0n) is 12.1. The van der Waals surface area contributed by atoms with Crippen LogP contribution in [-0.4, -0.2) is 13.9 Å². The summed E-state index contributed by atoms with van der Waals surface area (Å²) in [7, 11) is 1.61. The van der Waals surface area contributed by atoms with Crippen LogP contribution in [-0.2, 0) is 0 Å². The Kier molecular flexibility index (Phi) is 3.95. The predicted octanol–water partition coefficient (Wildman–Crippen LogP) is 6.06. The highest BCUT2D eigenvalue weighted by Crippen LogP contribution is 2.36. The van der Waals surface area contributed by atoms with Gasteiger partial charge in [0.2, 0.25) is 0 Å². The van der Waals surface area contributed by atoms with Gasteiger partial charge in [0.15, 0.2) is 5.65 Å². The summed E-state index contributed by atoms with van der Waals surface area (Å²) < 4.78 is 2.08. The maximum absolute atomic E-state index is 6.38. The lowest BCUT2D eigenvalue weighted by atomic mass is 10.0. The molecule has 0 radical (unpaired) electrons. The van der Waals surface area contributed by atoms with Gasteiger partial charge in [0.05, 0.1) is 10.5 Å². The van der Waals surface area contributed by atoms with Crippen LogP contribution < -0.4 is 0 Å². The van der Waals surface area contributed by atoms with Crippen molar-refractivity contribution < 1.29 is 0 Å². The van der Waals surface area contributed by atoms with Crippen LogP contribution in [0.3, 0.4) is 0 Å². The third-order valence-corrected chi connectivity index (χ3v) is 5.93. The van der Waals surface area contributed by atoms with Gasteiger partial charge in [-0.05, 0) is 48.4 Å². The predicted molar refractivity (Wildman–Crippen MR) is 107 cm³/mol. The van der Waals surface area contributed by atoms with Crippen LogP contribution in [0.4, 0.5) is 0 Å². The minimum Gasteiger partial charge on any atom is -0.265 e. The molecule has 4 rings (SSSR count). The van der Waals surface area contributed by atoms with Crippen molar-refractivity contribution in [3.63, 3.8) is 0 Å². The molecule has 0 N–H and O–H groups in total. The highest BCUT2D eigenvalue weighted by molar-refractivity contribution is 14.2. The lowest BCUT2D eigenvalue weighted by molar-refractivity contribution is 1.27. The van der Waals surface area contributed by atoms with Crippen LogP contribution in [0.2, 0.25) is 5.02 Å². The van der Waals surface area contributed by atoms with Crippen molar-refractivity contribution in [1.29, 1.82) is 0 Å². The molecule has 3 nitrogen and oxygen atoms in total. The van der Waals surface area contributed by atoms with E-state index in [2.05, 4.69) is 66.5 Å². The molecule has 0 spiro atoms. The Balaban J connectivity index is 2.05. The molecule has 3 heterocycles. The quantitative estimate of drug-likeness (QED) is 0.347. The Bertz CT molecular complexity index is 1040. The van der Waals surface area contributed by atoms with Crippen LogP contribution in [0, 0.1) is 6.92 Å². The van der Waals surface area contributed by atoms with Crippen LogP contribution in [0.1, 0.15) is 5.56 Å². The molecular formula is C17H11ClIN3S. The Hall–Kier alpha value is -1.31. The van der Waals surface area contributed by atoms with E-state index in [1.807, 2.05) is 18.3 Å². The molecule has 0 saturated carbocycles. The Morgan fingerprint density at radius 1 is 1.13 bits per heavy atom. The second-order valence-electron chi connectivity index (χ2n) is 5.29. The van der Waals surface area contributed by atoms with E-state index in [1.54, 1.807) is 15.3 Å². The van der Waals surface area contributed by atoms with E-state index < -0.39 is 0 Å². The number of aromatic nitrogens is 3. The first kappa shape index (κ1) is 15.2. The van der Waals surface area contributed by atoms with E-state index in [4.69, 9.17) is 11.6 Å². The molecule has 0 amide bonds. The van der Waals surface area contributed by atoms with E-state index >= 15 is 0 Å². The fraction of sp³-hybridized carbons (Fsp3) is 0.0588. The van der Waals surface area contributed by atoms with E-state index in [0.717, 1.165) is 43.6 Å². The summed E-state index contributed by atoms with van der Waals surface area (Å²) >= 11 is 8.65. The van der Waals surface area contributed by atoms with Gasteiger partial charge in [0, 0.05) is 65.3 Å². The first-order chi connectivity index (χ1) is 11.2. The van der Waals surface area contributed by atoms with Crippen molar-refractivity contribution in [2.75, 3.05) is 0 Å². The van der Waals surface area contributed by atoms with Crippen LogP contribution in [0.15, 0.2) is 48.9 Å². The fourth-order valence-corrected chi connectivity index (χ4v) is 4.33. The van der Waals surface area contributed by atoms with Gasteiger partial charge in [-0.1, -0.05) is 11.6 Å². The summed E-state index contributed by atoms with van der Waals surface area (Å²) in [5.41, 5.74) is 5.32. The van der Waals surface area contributed by atoms with Crippen molar-refractivity contribution in [2.45, 2.75) is 6.92 Å². The van der Waals surface area contributed by atoms with Gasteiger partial charge in [-0.25, -0.2) is 4.98 Å². The number of nitrogens with zero attached hydrogens (tertiary/aromatic N) is 3. The number of fused-ring (bicyclic) bond motifs is 2. The number of hydrogen-bond acceptors (Lipinski definition) is 3. The standard InChI is InChI=1S/C17H11ClIN3S/c1-10-7-11(8-13-15(18)4-6-20-16(10)13)14-9-22(23-19)17-12(14)3-2-5-21-17/h2-9H,1H3. The topological polar surface area (TPSA) is 30.7 Å². The summed E-state index contributed by atoms with van der Waals surface area (Å²) in [4.78, 5) is 8.95. The van der Waals surface area contributed by atoms with Gasteiger partial charge in [0.25, 0.3) is 0 Å². The smallest absolute Gasteiger partial charge is 0.151 e. The summed E-state index contributed by atoms with van der Waals surface area (Å²) in [6, 6.07) is 10.2.